The van der Waals surface area contributed by atoms with E-state index in [1.165, 1.54) is 114 Å². The first-order valence-corrected chi connectivity index (χ1v) is 13.3. The van der Waals surface area contributed by atoms with E-state index in [9.17, 15) is 0 Å². The molecular weight excluding hydrogens is 364 g/mol. The van der Waals surface area contributed by atoms with E-state index in [2.05, 4.69) is 56.4 Å². The Morgan fingerprint density at radius 3 is 1.70 bits per heavy atom. The molecule has 0 aliphatic carbocycles. The predicted octanol–water partition coefficient (Wildman–Crippen LogP) is 9.17. The van der Waals surface area contributed by atoms with Crippen LogP contribution in [0.3, 0.4) is 0 Å². The standard InChI is InChI=1S/C28H54N2/c1-6-10-13-16-19-23-27(24-20-17-14-11-7-2)30-28(21-9-4)26(25-29-5)22-18-15-12-8-3/h9,21,25,27,30H,6-8,10-20,22-24H2,1-5H3/b21-9-,28-26+,29-25-. The topological polar surface area (TPSA) is 24.4 Å². The number of nitrogens with zero attached hydrogens (tertiary/aromatic N) is 1. The van der Waals surface area contributed by atoms with Crippen LogP contribution in [0.15, 0.2) is 28.4 Å². The first-order chi connectivity index (χ1) is 14.7. The Kier molecular flexibility index (Phi) is 21.8. The van der Waals surface area contributed by atoms with Crippen molar-refractivity contribution in [3.8, 4) is 0 Å². The van der Waals surface area contributed by atoms with E-state index < -0.39 is 0 Å². The first kappa shape index (κ1) is 28.9. The van der Waals surface area contributed by atoms with Gasteiger partial charge in [0.05, 0.1) is 0 Å². The Balaban J connectivity index is 5.05. The summed E-state index contributed by atoms with van der Waals surface area (Å²) in [4.78, 5) is 4.38. The van der Waals surface area contributed by atoms with Crippen molar-refractivity contribution >= 4 is 6.21 Å². The van der Waals surface area contributed by atoms with Crippen LogP contribution in [0.1, 0.15) is 137 Å². The van der Waals surface area contributed by atoms with E-state index in [-0.39, 0.29) is 0 Å². The maximum atomic E-state index is 4.38. The van der Waals surface area contributed by atoms with Crippen molar-refractivity contribution in [2.45, 2.75) is 143 Å². The quantitative estimate of drug-likeness (QED) is 0.112. The first-order valence-electron chi connectivity index (χ1n) is 13.3. The molecule has 0 atom stereocenters. The van der Waals surface area contributed by atoms with Crippen molar-refractivity contribution in [2.24, 2.45) is 4.99 Å². The number of hydrogen-bond acceptors (Lipinski definition) is 2. The molecule has 0 spiro atoms. The van der Waals surface area contributed by atoms with Crippen molar-refractivity contribution in [3.63, 3.8) is 0 Å². The Morgan fingerprint density at radius 2 is 1.23 bits per heavy atom. The van der Waals surface area contributed by atoms with Gasteiger partial charge in [0.15, 0.2) is 0 Å². The highest BCUT2D eigenvalue weighted by atomic mass is 14.9. The van der Waals surface area contributed by atoms with Crippen molar-refractivity contribution in [2.75, 3.05) is 7.05 Å². The molecule has 0 unspecified atom stereocenters. The molecule has 0 saturated heterocycles. The van der Waals surface area contributed by atoms with E-state index in [1.54, 1.807) is 0 Å². The van der Waals surface area contributed by atoms with Gasteiger partial charge < -0.3 is 5.32 Å². The number of aliphatic imine (C=N–C) groups is 1. The minimum Gasteiger partial charge on any atom is -0.382 e. The molecule has 0 amide bonds. The molecule has 0 saturated carbocycles. The molecule has 0 bridgehead atoms. The van der Waals surface area contributed by atoms with Crippen LogP contribution in [0.25, 0.3) is 0 Å². The van der Waals surface area contributed by atoms with E-state index in [0.29, 0.717) is 6.04 Å². The van der Waals surface area contributed by atoms with Crippen molar-refractivity contribution in [1.82, 2.24) is 5.32 Å². The average Bonchev–Trinajstić information content (AvgIpc) is 2.75. The summed E-state index contributed by atoms with van der Waals surface area (Å²) in [5.41, 5.74) is 2.69. The molecule has 1 N–H and O–H groups in total. The fourth-order valence-corrected chi connectivity index (χ4v) is 4.08. The van der Waals surface area contributed by atoms with Crippen LogP contribution < -0.4 is 5.32 Å². The molecule has 176 valence electrons. The van der Waals surface area contributed by atoms with Crippen LogP contribution in [0, 0.1) is 0 Å². The van der Waals surface area contributed by atoms with Gasteiger partial charge in [0.25, 0.3) is 0 Å². The Bertz CT molecular complexity index is 434. The normalized spacial score (nSPS) is 13.0. The third kappa shape index (κ3) is 16.7. The van der Waals surface area contributed by atoms with E-state index in [1.807, 2.05) is 7.05 Å². The number of rotatable bonds is 21. The zero-order valence-corrected chi connectivity index (χ0v) is 21.3. The summed E-state index contributed by atoms with van der Waals surface area (Å²) in [6.07, 6.45) is 29.1. The molecule has 0 rings (SSSR count). The van der Waals surface area contributed by atoms with E-state index >= 15 is 0 Å². The van der Waals surface area contributed by atoms with Gasteiger partial charge in [-0.2, -0.15) is 0 Å². The van der Waals surface area contributed by atoms with Gasteiger partial charge in [0.1, 0.15) is 0 Å². The van der Waals surface area contributed by atoms with Gasteiger partial charge in [-0.1, -0.05) is 110 Å². The van der Waals surface area contributed by atoms with Crippen LogP contribution in [-0.2, 0) is 0 Å². The van der Waals surface area contributed by atoms with Gasteiger partial charge in [-0.25, -0.2) is 0 Å². The van der Waals surface area contributed by atoms with Gasteiger partial charge in [-0.15, -0.1) is 0 Å². The summed E-state index contributed by atoms with van der Waals surface area (Å²) in [7, 11) is 1.90. The summed E-state index contributed by atoms with van der Waals surface area (Å²) >= 11 is 0. The van der Waals surface area contributed by atoms with Crippen LogP contribution in [0.4, 0.5) is 0 Å². The molecule has 0 aliphatic heterocycles. The molecule has 2 nitrogen and oxygen atoms in total. The fraction of sp³-hybridized carbons (Fsp3) is 0.821. The fourth-order valence-electron chi connectivity index (χ4n) is 4.08. The number of unbranched alkanes of at least 4 members (excludes halogenated alkanes) is 11. The van der Waals surface area contributed by atoms with Crippen molar-refractivity contribution in [3.05, 3.63) is 23.4 Å². The Morgan fingerprint density at radius 1 is 0.733 bits per heavy atom. The highest BCUT2D eigenvalue weighted by molar-refractivity contribution is 5.80. The van der Waals surface area contributed by atoms with Crippen LogP contribution >= 0.6 is 0 Å². The summed E-state index contributed by atoms with van der Waals surface area (Å²) in [5, 5.41) is 3.96. The lowest BCUT2D eigenvalue weighted by Crippen LogP contribution is -2.29. The second-order valence-electron chi connectivity index (χ2n) is 8.88. The predicted molar refractivity (Wildman–Crippen MR) is 139 cm³/mol. The van der Waals surface area contributed by atoms with E-state index in [0.717, 1.165) is 6.42 Å². The van der Waals surface area contributed by atoms with Gasteiger partial charge in [-0.05, 0) is 44.3 Å². The zero-order valence-electron chi connectivity index (χ0n) is 21.3. The maximum Gasteiger partial charge on any atom is 0.0386 e. The van der Waals surface area contributed by atoms with Crippen molar-refractivity contribution in [1.29, 1.82) is 0 Å². The number of hydrogen-bond donors (Lipinski definition) is 1. The van der Waals surface area contributed by atoms with Gasteiger partial charge in [-0.3, -0.25) is 4.99 Å². The highest BCUT2D eigenvalue weighted by Gasteiger charge is 2.11. The Hall–Kier alpha value is -1.05. The summed E-state index contributed by atoms with van der Waals surface area (Å²) in [5.74, 6) is 0. The minimum atomic E-state index is 0.593. The van der Waals surface area contributed by atoms with Crippen LogP contribution in [-0.4, -0.2) is 19.3 Å². The second-order valence-corrected chi connectivity index (χ2v) is 8.88. The van der Waals surface area contributed by atoms with Gasteiger partial charge in [0.2, 0.25) is 0 Å². The highest BCUT2D eigenvalue weighted by Crippen LogP contribution is 2.18. The Labute approximate surface area is 190 Å². The lowest BCUT2D eigenvalue weighted by atomic mass is 9.98. The third-order valence-electron chi connectivity index (χ3n) is 5.94. The maximum absolute atomic E-state index is 4.38. The van der Waals surface area contributed by atoms with Crippen LogP contribution in [0.5, 0.6) is 0 Å². The summed E-state index contributed by atoms with van der Waals surface area (Å²) in [6.45, 7) is 9.00. The number of nitrogens with one attached hydrogen (secondary N) is 1. The SMILES string of the molecule is C\C=C/C(NC(CCCCCCC)CCCCCCC)=C(\C=N/C)CCCCCC. The molecule has 0 aromatic heterocycles. The molecule has 0 aromatic carbocycles. The summed E-state index contributed by atoms with van der Waals surface area (Å²) < 4.78 is 0. The molecule has 0 aliphatic rings. The van der Waals surface area contributed by atoms with Crippen LogP contribution in [0.2, 0.25) is 0 Å². The zero-order chi connectivity index (χ0) is 22.3. The average molecular weight is 419 g/mol. The molecule has 0 fully saturated rings. The van der Waals surface area contributed by atoms with Gasteiger partial charge >= 0.3 is 0 Å². The lowest BCUT2D eigenvalue weighted by Gasteiger charge is -2.23. The second kappa shape index (κ2) is 22.6. The molecule has 0 aromatic rings. The molecule has 0 heterocycles. The third-order valence-corrected chi connectivity index (χ3v) is 5.94. The largest absolute Gasteiger partial charge is 0.382 e. The molecule has 2 heteroatoms. The minimum absolute atomic E-state index is 0.593. The smallest absolute Gasteiger partial charge is 0.0386 e. The summed E-state index contributed by atoms with van der Waals surface area (Å²) in [6, 6.07) is 0.593. The van der Waals surface area contributed by atoms with Gasteiger partial charge in [0, 0.05) is 25.0 Å². The lowest BCUT2D eigenvalue weighted by molar-refractivity contribution is 0.441. The van der Waals surface area contributed by atoms with Crippen molar-refractivity contribution < 1.29 is 0 Å². The molecule has 30 heavy (non-hydrogen) atoms. The monoisotopic (exact) mass is 418 g/mol. The molecule has 0 radical (unpaired) electrons. The molecular formula is C28H54N2. The van der Waals surface area contributed by atoms with E-state index in [4.69, 9.17) is 0 Å². The number of allylic oxidation sites excluding steroid dienone is 3.